The summed E-state index contributed by atoms with van der Waals surface area (Å²) in [6.45, 7) is 0. The van der Waals surface area contributed by atoms with Crippen molar-refractivity contribution in [2.75, 3.05) is 7.11 Å². The van der Waals surface area contributed by atoms with E-state index in [2.05, 4.69) is 9.99 Å². The van der Waals surface area contributed by atoms with Crippen molar-refractivity contribution in [1.29, 1.82) is 5.26 Å². The van der Waals surface area contributed by atoms with E-state index in [1.165, 1.54) is 13.2 Å². The number of aliphatic carboxylic acids is 1. The summed E-state index contributed by atoms with van der Waals surface area (Å²) in [7, 11) is 1.22. The SMILES string of the molecule is CON=C(C(=O)O)c1c(C(=O)OC(C#N)c2ccccc2)ccc2ccccc12. The number of ether oxygens (including phenoxy) is 1. The standard InChI is InChI=1S/C22H16N2O5/c1-28-24-20(21(25)26)19-16-10-6-5-7-14(16)11-12-17(19)22(27)29-18(13-23)15-8-3-2-4-9-15/h2-12,18H,1H3,(H,25,26). The number of oxime groups is 1. The molecule has 0 aliphatic carbocycles. The van der Waals surface area contributed by atoms with E-state index in [1.807, 2.05) is 6.07 Å². The second-order valence-electron chi connectivity index (χ2n) is 5.96. The number of benzene rings is 3. The molecule has 0 aliphatic rings. The van der Waals surface area contributed by atoms with Gasteiger partial charge in [-0.25, -0.2) is 9.59 Å². The highest BCUT2D eigenvalue weighted by Crippen LogP contribution is 2.26. The van der Waals surface area contributed by atoms with E-state index >= 15 is 0 Å². The Balaban J connectivity index is 2.12. The molecule has 0 amide bonds. The molecule has 3 aromatic rings. The average molecular weight is 388 g/mol. The Morgan fingerprint density at radius 1 is 1.03 bits per heavy atom. The number of carbonyl (C=O) groups excluding carboxylic acids is 1. The summed E-state index contributed by atoms with van der Waals surface area (Å²) in [5.74, 6) is -2.21. The summed E-state index contributed by atoms with van der Waals surface area (Å²) in [6.07, 6.45) is -1.14. The van der Waals surface area contributed by atoms with Crippen LogP contribution < -0.4 is 0 Å². The van der Waals surface area contributed by atoms with E-state index in [1.54, 1.807) is 60.7 Å². The highest BCUT2D eigenvalue weighted by atomic mass is 16.6. The van der Waals surface area contributed by atoms with E-state index in [4.69, 9.17) is 4.74 Å². The monoisotopic (exact) mass is 388 g/mol. The molecule has 0 aliphatic heterocycles. The maximum Gasteiger partial charge on any atom is 0.358 e. The number of nitrogens with zero attached hydrogens (tertiary/aromatic N) is 2. The molecule has 144 valence electrons. The van der Waals surface area contributed by atoms with Gasteiger partial charge in [0.1, 0.15) is 13.2 Å². The fourth-order valence-electron chi connectivity index (χ4n) is 2.95. The summed E-state index contributed by atoms with van der Waals surface area (Å²) in [5, 5.41) is 23.8. The van der Waals surface area contributed by atoms with Crippen LogP contribution in [0.4, 0.5) is 0 Å². The van der Waals surface area contributed by atoms with Gasteiger partial charge in [0.15, 0.2) is 5.71 Å². The lowest BCUT2D eigenvalue weighted by molar-refractivity contribution is -0.129. The number of carboxylic acids is 1. The third kappa shape index (κ3) is 4.06. The predicted octanol–water partition coefficient (Wildman–Crippen LogP) is 3.70. The Morgan fingerprint density at radius 3 is 2.38 bits per heavy atom. The summed E-state index contributed by atoms with van der Waals surface area (Å²) < 4.78 is 5.38. The van der Waals surface area contributed by atoms with E-state index in [0.29, 0.717) is 16.3 Å². The van der Waals surface area contributed by atoms with Crippen molar-refractivity contribution < 1.29 is 24.3 Å². The minimum atomic E-state index is -1.36. The minimum Gasteiger partial charge on any atom is -0.476 e. The van der Waals surface area contributed by atoms with Gasteiger partial charge in [-0.05, 0) is 16.8 Å². The van der Waals surface area contributed by atoms with Crippen LogP contribution in [0.2, 0.25) is 0 Å². The fraction of sp³-hybridized carbons (Fsp3) is 0.0909. The molecule has 29 heavy (non-hydrogen) atoms. The summed E-state index contributed by atoms with van der Waals surface area (Å²) in [5.41, 5.74) is 0.101. The van der Waals surface area contributed by atoms with Gasteiger partial charge in [-0.15, -0.1) is 0 Å². The maximum atomic E-state index is 12.9. The molecule has 7 nitrogen and oxygen atoms in total. The van der Waals surface area contributed by atoms with Crippen LogP contribution >= 0.6 is 0 Å². The molecule has 0 saturated carbocycles. The molecule has 1 N–H and O–H groups in total. The molecule has 1 atom stereocenters. The zero-order valence-corrected chi connectivity index (χ0v) is 15.4. The second kappa shape index (κ2) is 8.67. The van der Waals surface area contributed by atoms with Gasteiger partial charge < -0.3 is 14.7 Å². The Bertz CT molecular complexity index is 1130. The molecular weight excluding hydrogens is 372 g/mol. The van der Waals surface area contributed by atoms with Crippen LogP contribution in [0.25, 0.3) is 10.8 Å². The van der Waals surface area contributed by atoms with E-state index in [-0.39, 0.29) is 11.1 Å². The smallest absolute Gasteiger partial charge is 0.358 e. The first-order valence-electron chi connectivity index (χ1n) is 8.59. The van der Waals surface area contributed by atoms with Crippen LogP contribution in [0.15, 0.2) is 71.9 Å². The molecule has 0 bridgehead atoms. The van der Waals surface area contributed by atoms with Crippen molar-refractivity contribution in [3.63, 3.8) is 0 Å². The fourth-order valence-corrected chi connectivity index (χ4v) is 2.95. The van der Waals surface area contributed by atoms with Crippen LogP contribution in [0, 0.1) is 11.3 Å². The number of hydrogen-bond acceptors (Lipinski definition) is 6. The van der Waals surface area contributed by atoms with Gasteiger partial charge in [0.25, 0.3) is 0 Å². The van der Waals surface area contributed by atoms with Crippen molar-refractivity contribution in [1.82, 2.24) is 0 Å². The van der Waals surface area contributed by atoms with Crippen LogP contribution in [0.1, 0.15) is 27.6 Å². The topological polar surface area (TPSA) is 109 Å². The van der Waals surface area contributed by atoms with Gasteiger partial charge >= 0.3 is 11.9 Å². The lowest BCUT2D eigenvalue weighted by atomic mass is 9.95. The molecule has 1 unspecified atom stereocenters. The second-order valence-corrected chi connectivity index (χ2v) is 5.96. The van der Waals surface area contributed by atoms with Crippen molar-refractivity contribution in [2.24, 2.45) is 5.16 Å². The van der Waals surface area contributed by atoms with Gasteiger partial charge in [-0.3, -0.25) is 0 Å². The molecule has 7 heteroatoms. The molecule has 0 aromatic heterocycles. The zero-order chi connectivity index (χ0) is 20.8. The number of carbonyl (C=O) groups is 2. The Morgan fingerprint density at radius 2 is 1.72 bits per heavy atom. The quantitative estimate of drug-likeness (QED) is 0.392. The number of carboxylic acid groups (broad SMARTS) is 1. The first-order valence-corrected chi connectivity index (χ1v) is 8.59. The van der Waals surface area contributed by atoms with Gasteiger partial charge in [0.05, 0.1) is 5.56 Å². The highest BCUT2D eigenvalue weighted by Gasteiger charge is 2.27. The maximum absolute atomic E-state index is 12.9. The molecule has 0 radical (unpaired) electrons. The van der Waals surface area contributed by atoms with Crippen molar-refractivity contribution >= 4 is 28.4 Å². The number of nitriles is 1. The molecular formula is C22H16N2O5. The average Bonchev–Trinajstić information content (AvgIpc) is 2.75. The Labute approximate surface area is 166 Å². The normalized spacial score (nSPS) is 12.1. The predicted molar refractivity (Wildman–Crippen MR) is 105 cm³/mol. The van der Waals surface area contributed by atoms with E-state index < -0.39 is 23.8 Å². The summed E-state index contributed by atoms with van der Waals surface area (Å²) in [4.78, 5) is 29.4. The highest BCUT2D eigenvalue weighted by molar-refractivity contribution is 6.46. The Kier molecular flexibility index (Phi) is 5.85. The lowest BCUT2D eigenvalue weighted by Crippen LogP contribution is -2.21. The van der Waals surface area contributed by atoms with E-state index in [0.717, 1.165) is 0 Å². The first-order chi connectivity index (χ1) is 14.1. The largest absolute Gasteiger partial charge is 0.476 e. The van der Waals surface area contributed by atoms with Crippen LogP contribution in [-0.4, -0.2) is 29.9 Å². The van der Waals surface area contributed by atoms with Crippen LogP contribution in [-0.2, 0) is 14.4 Å². The molecule has 3 rings (SSSR count). The summed E-state index contributed by atoms with van der Waals surface area (Å²) in [6, 6.07) is 20.6. The number of hydrogen-bond donors (Lipinski definition) is 1. The summed E-state index contributed by atoms with van der Waals surface area (Å²) >= 11 is 0. The number of fused-ring (bicyclic) bond motifs is 1. The van der Waals surface area contributed by atoms with Crippen molar-refractivity contribution in [3.8, 4) is 6.07 Å². The minimum absolute atomic E-state index is 0.0296. The van der Waals surface area contributed by atoms with Crippen LogP contribution in [0.5, 0.6) is 0 Å². The van der Waals surface area contributed by atoms with Gasteiger partial charge in [-0.1, -0.05) is 65.8 Å². The van der Waals surface area contributed by atoms with Crippen molar-refractivity contribution in [2.45, 2.75) is 6.10 Å². The third-order valence-corrected chi connectivity index (χ3v) is 4.22. The van der Waals surface area contributed by atoms with Gasteiger partial charge in [0.2, 0.25) is 6.10 Å². The van der Waals surface area contributed by atoms with Gasteiger partial charge in [-0.2, -0.15) is 5.26 Å². The number of rotatable bonds is 6. The molecule has 3 aromatic carbocycles. The molecule has 0 saturated heterocycles. The lowest BCUT2D eigenvalue weighted by Gasteiger charge is -2.15. The number of esters is 1. The molecule has 0 fully saturated rings. The van der Waals surface area contributed by atoms with Gasteiger partial charge in [0, 0.05) is 11.1 Å². The zero-order valence-electron chi connectivity index (χ0n) is 15.4. The van der Waals surface area contributed by atoms with E-state index in [9.17, 15) is 20.0 Å². The molecule has 0 heterocycles. The van der Waals surface area contributed by atoms with Crippen molar-refractivity contribution in [3.05, 3.63) is 83.4 Å². The first kappa shape index (κ1) is 19.6. The Hall–Kier alpha value is -4.18. The molecule has 0 spiro atoms. The van der Waals surface area contributed by atoms with Crippen LogP contribution in [0.3, 0.4) is 0 Å². The third-order valence-electron chi connectivity index (χ3n) is 4.22.